The van der Waals surface area contributed by atoms with Crippen LogP contribution in [0.5, 0.6) is 0 Å². The Balaban J connectivity index is 1.33. The maximum atomic E-state index is 11.6. The van der Waals surface area contributed by atoms with E-state index < -0.39 is 11.4 Å². The summed E-state index contributed by atoms with van der Waals surface area (Å²) in [5.41, 5.74) is -0.131. The van der Waals surface area contributed by atoms with Crippen LogP contribution in [0.3, 0.4) is 0 Å². The van der Waals surface area contributed by atoms with Gasteiger partial charge in [0.05, 0.1) is 13.2 Å². The van der Waals surface area contributed by atoms with Gasteiger partial charge in [0.25, 0.3) is 0 Å². The molecule has 33 heavy (non-hydrogen) atoms. The van der Waals surface area contributed by atoms with Gasteiger partial charge in [-0.05, 0) is 104 Å². The number of hydrogen-bond acceptors (Lipinski definition) is 3. The van der Waals surface area contributed by atoms with Gasteiger partial charge in [-0.25, -0.2) is 0 Å². The van der Waals surface area contributed by atoms with E-state index in [1.165, 1.54) is 57.8 Å². The zero-order valence-electron chi connectivity index (χ0n) is 22.5. The number of fused-ring (bicyclic) bond motifs is 5. The molecule has 5 fully saturated rings. The fraction of sp³-hybridized carbons (Fsp3) is 1.00. The summed E-state index contributed by atoms with van der Waals surface area (Å²) in [6.45, 7) is 15.8. The zero-order valence-corrected chi connectivity index (χ0v) is 22.5. The van der Waals surface area contributed by atoms with Crippen LogP contribution in [-0.2, 0) is 9.47 Å². The smallest absolute Gasteiger partial charge is 0.197 e. The lowest BCUT2D eigenvalue weighted by molar-refractivity contribution is -0.318. The van der Waals surface area contributed by atoms with Crippen molar-refractivity contribution in [3.05, 3.63) is 0 Å². The Hall–Kier alpha value is -0.120. The number of aliphatic hydroxyl groups is 1. The summed E-state index contributed by atoms with van der Waals surface area (Å²) in [6.07, 6.45) is 14.3. The molecular formula is C30H52O3. The lowest BCUT2D eigenvalue weighted by atomic mass is 9.43. The van der Waals surface area contributed by atoms with Crippen LogP contribution in [-0.4, -0.2) is 29.7 Å². The van der Waals surface area contributed by atoms with Crippen molar-refractivity contribution in [2.24, 2.45) is 52.3 Å². The van der Waals surface area contributed by atoms with Crippen LogP contribution < -0.4 is 0 Å². The summed E-state index contributed by atoms with van der Waals surface area (Å²) in [4.78, 5) is 0. The van der Waals surface area contributed by atoms with Gasteiger partial charge in [-0.2, -0.15) is 0 Å². The summed E-state index contributed by atoms with van der Waals surface area (Å²) < 4.78 is 12.3. The van der Waals surface area contributed by atoms with Crippen LogP contribution in [0.4, 0.5) is 0 Å². The van der Waals surface area contributed by atoms with E-state index >= 15 is 0 Å². The molecule has 0 amide bonds. The highest BCUT2D eigenvalue weighted by molar-refractivity contribution is 5.14. The molecule has 190 valence electrons. The Labute approximate surface area is 203 Å². The van der Waals surface area contributed by atoms with E-state index in [1.54, 1.807) is 0 Å². The molecule has 0 radical (unpaired) electrons. The van der Waals surface area contributed by atoms with Crippen molar-refractivity contribution >= 4 is 0 Å². The third-order valence-corrected chi connectivity index (χ3v) is 12.1. The summed E-state index contributed by atoms with van der Waals surface area (Å²) in [7, 11) is 0. The summed E-state index contributed by atoms with van der Waals surface area (Å²) in [5, 5.41) is 11.6. The van der Waals surface area contributed by atoms with Gasteiger partial charge in [0.15, 0.2) is 5.79 Å². The SMILES string of the molecule is CC(C)CCC[C@@H](C)[C@H]1CC[C@H]2[C@@H]3CC[C@H]4CC5(OCCO5)[C@@](C)(O)C[C@]4(C)[C@H]3CC[C@]12C. The fourth-order valence-corrected chi connectivity index (χ4v) is 10.5. The van der Waals surface area contributed by atoms with Crippen LogP contribution in [0.15, 0.2) is 0 Å². The molecule has 9 atom stereocenters. The Morgan fingerprint density at radius 1 is 0.848 bits per heavy atom. The number of rotatable bonds is 5. The first-order chi connectivity index (χ1) is 15.5. The number of ether oxygens (including phenoxy) is 2. The summed E-state index contributed by atoms with van der Waals surface area (Å²) >= 11 is 0. The first-order valence-electron chi connectivity index (χ1n) is 14.5. The van der Waals surface area contributed by atoms with Crippen molar-refractivity contribution in [3.63, 3.8) is 0 Å². The quantitative estimate of drug-likeness (QED) is 0.471. The molecule has 3 nitrogen and oxygen atoms in total. The molecule has 1 aliphatic heterocycles. The lowest BCUT2D eigenvalue weighted by Gasteiger charge is -2.64. The zero-order chi connectivity index (χ0) is 23.6. The summed E-state index contributed by atoms with van der Waals surface area (Å²) in [5.74, 6) is 5.00. The molecule has 0 bridgehead atoms. The van der Waals surface area contributed by atoms with Crippen molar-refractivity contribution in [3.8, 4) is 0 Å². The lowest BCUT2D eigenvalue weighted by Crippen LogP contribution is -2.65. The minimum Gasteiger partial charge on any atom is -0.385 e. The van der Waals surface area contributed by atoms with Crippen LogP contribution >= 0.6 is 0 Å². The van der Waals surface area contributed by atoms with Crippen molar-refractivity contribution in [2.75, 3.05) is 13.2 Å². The van der Waals surface area contributed by atoms with E-state index in [9.17, 15) is 5.11 Å². The van der Waals surface area contributed by atoms with Gasteiger partial charge in [0.2, 0.25) is 0 Å². The molecule has 1 N–H and O–H groups in total. The molecule has 0 aromatic heterocycles. The first-order valence-corrected chi connectivity index (χ1v) is 14.5. The Kier molecular flexibility index (Phi) is 6.31. The Bertz CT molecular complexity index is 709. The molecule has 1 spiro atoms. The minimum atomic E-state index is -0.888. The molecular weight excluding hydrogens is 408 g/mol. The molecule has 0 unspecified atom stereocenters. The largest absolute Gasteiger partial charge is 0.385 e. The molecule has 3 heteroatoms. The van der Waals surface area contributed by atoms with Crippen LogP contribution in [0.1, 0.15) is 112 Å². The maximum absolute atomic E-state index is 11.6. The predicted molar refractivity (Wildman–Crippen MR) is 134 cm³/mol. The molecule has 0 aromatic rings. The van der Waals surface area contributed by atoms with E-state index in [4.69, 9.17) is 9.47 Å². The molecule has 4 saturated carbocycles. The van der Waals surface area contributed by atoms with E-state index in [2.05, 4.69) is 34.6 Å². The normalized spacial score (nSPS) is 49.6. The second kappa shape index (κ2) is 8.48. The van der Waals surface area contributed by atoms with Crippen LogP contribution in [0.25, 0.3) is 0 Å². The topological polar surface area (TPSA) is 38.7 Å². The standard InChI is InChI=1S/C30H52O3/c1-20(2)8-7-9-21(3)24-12-13-25-23-11-10-22-18-30(32-16-17-33-30)29(6,31)19-28(22,5)26(23)14-15-27(24,25)4/h20-26,31H,7-19H2,1-6H3/t21-,22+,23+,24-,25+,26+,27-,28+,29+/m1/s1. The molecule has 4 aliphatic carbocycles. The first kappa shape index (κ1) is 24.6. The highest BCUT2D eigenvalue weighted by Gasteiger charge is 2.67. The molecule has 1 saturated heterocycles. The van der Waals surface area contributed by atoms with Gasteiger partial charge < -0.3 is 14.6 Å². The molecule has 5 rings (SSSR count). The van der Waals surface area contributed by atoms with E-state index in [-0.39, 0.29) is 5.41 Å². The Morgan fingerprint density at radius 3 is 2.24 bits per heavy atom. The summed E-state index contributed by atoms with van der Waals surface area (Å²) in [6, 6.07) is 0. The van der Waals surface area contributed by atoms with Gasteiger partial charge in [0, 0.05) is 6.42 Å². The van der Waals surface area contributed by atoms with Gasteiger partial charge in [-0.15, -0.1) is 0 Å². The van der Waals surface area contributed by atoms with Crippen molar-refractivity contribution < 1.29 is 14.6 Å². The predicted octanol–water partition coefficient (Wildman–Crippen LogP) is 7.21. The van der Waals surface area contributed by atoms with Gasteiger partial charge >= 0.3 is 0 Å². The molecule has 0 aromatic carbocycles. The van der Waals surface area contributed by atoms with Crippen molar-refractivity contribution in [2.45, 2.75) is 124 Å². The monoisotopic (exact) mass is 460 g/mol. The van der Waals surface area contributed by atoms with E-state index in [1.807, 2.05) is 6.92 Å². The maximum Gasteiger partial charge on any atom is 0.197 e. The van der Waals surface area contributed by atoms with Gasteiger partial charge in [-0.1, -0.05) is 53.9 Å². The fourth-order valence-electron chi connectivity index (χ4n) is 10.5. The van der Waals surface area contributed by atoms with E-state index in [0.717, 1.165) is 48.3 Å². The third kappa shape index (κ3) is 3.77. The minimum absolute atomic E-state index is 0.218. The average Bonchev–Trinajstić information content (AvgIpc) is 3.34. The van der Waals surface area contributed by atoms with Crippen LogP contribution in [0, 0.1) is 52.3 Å². The van der Waals surface area contributed by atoms with Gasteiger partial charge in [-0.3, -0.25) is 0 Å². The molecule has 5 aliphatic rings. The number of hydrogen-bond donors (Lipinski definition) is 1. The molecule has 1 heterocycles. The highest BCUT2D eigenvalue weighted by atomic mass is 16.7. The highest BCUT2D eigenvalue weighted by Crippen LogP contribution is 2.70. The van der Waals surface area contributed by atoms with Crippen molar-refractivity contribution in [1.29, 1.82) is 0 Å². The Morgan fingerprint density at radius 2 is 1.55 bits per heavy atom. The second-order valence-corrected chi connectivity index (χ2v) is 14.3. The van der Waals surface area contributed by atoms with Gasteiger partial charge in [0.1, 0.15) is 5.60 Å². The average molecular weight is 461 g/mol. The van der Waals surface area contributed by atoms with Crippen LogP contribution in [0.2, 0.25) is 0 Å². The second-order valence-electron chi connectivity index (χ2n) is 14.3. The van der Waals surface area contributed by atoms with E-state index in [0.29, 0.717) is 24.5 Å². The third-order valence-electron chi connectivity index (χ3n) is 12.1. The van der Waals surface area contributed by atoms with Crippen molar-refractivity contribution in [1.82, 2.24) is 0 Å².